The summed E-state index contributed by atoms with van der Waals surface area (Å²) in [4.78, 5) is 2.56. The first kappa shape index (κ1) is 11.2. The molecule has 92 valence electrons. The van der Waals surface area contributed by atoms with Crippen molar-refractivity contribution >= 4 is 0 Å². The van der Waals surface area contributed by atoms with Gasteiger partial charge in [0.05, 0.1) is 6.61 Å². The molecule has 1 aliphatic carbocycles. The number of nitrogens with zero attached hydrogens (tertiary/aromatic N) is 1. The predicted octanol–water partition coefficient (Wildman–Crippen LogP) is 2.59. The van der Waals surface area contributed by atoms with Gasteiger partial charge in [-0.25, -0.2) is 0 Å². The number of hydrogen-bond acceptors (Lipinski definition) is 2. The van der Waals surface area contributed by atoms with Crippen molar-refractivity contribution in [2.75, 3.05) is 6.61 Å². The summed E-state index contributed by atoms with van der Waals surface area (Å²) in [6.07, 6.45) is 3.93. The minimum Gasteiger partial charge on any atom is -0.395 e. The zero-order valence-electron chi connectivity index (χ0n) is 10.4. The Hall–Kier alpha value is -0.860. The summed E-state index contributed by atoms with van der Waals surface area (Å²) in [5, 5.41) is 9.61. The van der Waals surface area contributed by atoms with E-state index in [2.05, 4.69) is 42.2 Å². The molecule has 1 aromatic rings. The molecule has 2 nitrogen and oxygen atoms in total. The van der Waals surface area contributed by atoms with Gasteiger partial charge >= 0.3 is 0 Å². The number of piperidine rings is 1. The van der Waals surface area contributed by atoms with Crippen LogP contribution in [0.4, 0.5) is 0 Å². The normalized spacial score (nSPS) is 34.1. The van der Waals surface area contributed by atoms with E-state index in [1.807, 2.05) is 0 Å². The summed E-state index contributed by atoms with van der Waals surface area (Å²) in [6.45, 7) is 2.59. The lowest BCUT2D eigenvalue weighted by molar-refractivity contribution is 0.0525. The summed E-state index contributed by atoms with van der Waals surface area (Å²) in [6, 6.07) is 12.2. The fourth-order valence-electron chi connectivity index (χ4n) is 3.88. The van der Waals surface area contributed by atoms with Crippen LogP contribution in [0.2, 0.25) is 0 Å². The van der Waals surface area contributed by atoms with Crippen molar-refractivity contribution in [2.45, 2.75) is 44.3 Å². The first-order chi connectivity index (χ1) is 8.31. The third-order valence-corrected chi connectivity index (χ3v) is 4.71. The molecular formula is C15H21NO. The zero-order valence-corrected chi connectivity index (χ0v) is 10.4. The maximum absolute atomic E-state index is 9.61. The molecule has 1 saturated carbocycles. The molecule has 2 aliphatic rings. The predicted molar refractivity (Wildman–Crippen MR) is 68.7 cm³/mol. The van der Waals surface area contributed by atoms with Crippen LogP contribution < -0.4 is 0 Å². The molecule has 3 rings (SSSR count). The number of fused-ring (bicyclic) bond motifs is 2. The van der Waals surface area contributed by atoms with Crippen LogP contribution in [0.25, 0.3) is 0 Å². The molecule has 1 aliphatic heterocycles. The number of aliphatic hydroxyl groups excluding tert-OH is 1. The van der Waals surface area contributed by atoms with E-state index in [9.17, 15) is 5.11 Å². The van der Waals surface area contributed by atoms with Crippen molar-refractivity contribution in [1.29, 1.82) is 0 Å². The first-order valence-electron chi connectivity index (χ1n) is 6.74. The molecule has 1 aromatic carbocycles. The highest BCUT2D eigenvalue weighted by molar-refractivity contribution is 5.20. The topological polar surface area (TPSA) is 23.5 Å². The molecule has 0 radical (unpaired) electrons. The Kier molecular flexibility index (Phi) is 2.93. The average molecular weight is 231 g/mol. The van der Waals surface area contributed by atoms with Crippen LogP contribution in [-0.4, -0.2) is 28.7 Å². The smallest absolute Gasteiger partial charge is 0.0589 e. The quantitative estimate of drug-likeness (QED) is 0.864. The Bertz CT molecular complexity index is 378. The minimum absolute atomic E-state index is 0.318. The molecule has 2 fully saturated rings. The highest BCUT2D eigenvalue weighted by atomic mass is 16.3. The van der Waals surface area contributed by atoms with E-state index < -0.39 is 0 Å². The molecule has 0 unspecified atom stereocenters. The van der Waals surface area contributed by atoms with Crippen molar-refractivity contribution < 1.29 is 5.11 Å². The van der Waals surface area contributed by atoms with Crippen molar-refractivity contribution in [2.24, 2.45) is 5.92 Å². The fraction of sp³-hybridized carbons (Fsp3) is 0.600. The lowest BCUT2D eigenvalue weighted by atomic mass is 9.96. The van der Waals surface area contributed by atoms with Crippen LogP contribution in [0, 0.1) is 5.92 Å². The highest BCUT2D eigenvalue weighted by Crippen LogP contribution is 2.46. The van der Waals surface area contributed by atoms with Crippen LogP contribution in [0.1, 0.15) is 37.8 Å². The number of rotatable bonds is 3. The van der Waals surface area contributed by atoms with Crippen LogP contribution >= 0.6 is 0 Å². The van der Waals surface area contributed by atoms with E-state index in [0.29, 0.717) is 24.7 Å². The van der Waals surface area contributed by atoms with Gasteiger partial charge in [-0.15, -0.1) is 0 Å². The Morgan fingerprint density at radius 3 is 2.76 bits per heavy atom. The first-order valence-corrected chi connectivity index (χ1v) is 6.74. The van der Waals surface area contributed by atoms with E-state index in [1.54, 1.807) is 0 Å². The van der Waals surface area contributed by atoms with Gasteiger partial charge in [-0.1, -0.05) is 30.3 Å². The van der Waals surface area contributed by atoms with Crippen molar-refractivity contribution in [3.05, 3.63) is 35.9 Å². The summed E-state index contributed by atoms with van der Waals surface area (Å²) >= 11 is 0. The third-order valence-electron chi connectivity index (χ3n) is 4.71. The minimum atomic E-state index is 0.318. The number of hydrogen-bond donors (Lipinski definition) is 1. The molecule has 17 heavy (non-hydrogen) atoms. The Morgan fingerprint density at radius 1 is 1.29 bits per heavy atom. The van der Waals surface area contributed by atoms with E-state index in [4.69, 9.17) is 0 Å². The molecular weight excluding hydrogens is 210 g/mol. The molecule has 2 bridgehead atoms. The second kappa shape index (κ2) is 4.43. The summed E-state index contributed by atoms with van der Waals surface area (Å²) in [5.41, 5.74) is 1.37. The average Bonchev–Trinajstić information content (AvgIpc) is 2.98. The molecule has 1 heterocycles. The molecule has 2 heteroatoms. The van der Waals surface area contributed by atoms with Gasteiger partial charge in [-0.3, -0.25) is 4.90 Å². The lowest BCUT2D eigenvalue weighted by Gasteiger charge is -2.39. The SMILES string of the molecule is C[C@@H](c1ccccc1)N1[C@H]2CC[C@@H](C2)[C@H]1CO. The fourth-order valence-corrected chi connectivity index (χ4v) is 3.88. The van der Waals surface area contributed by atoms with Gasteiger partial charge in [0.2, 0.25) is 0 Å². The van der Waals surface area contributed by atoms with Crippen LogP contribution in [0.5, 0.6) is 0 Å². The number of likely N-dealkylation sites (tertiary alicyclic amines) is 1. The summed E-state index contributed by atoms with van der Waals surface area (Å²) in [7, 11) is 0. The molecule has 0 amide bonds. The zero-order chi connectivity index (χ0) is 11.8. The van der Waals surface area contributed by atoms with Crippen molar-refractivity contribution in [1.82, 2.24) is 4.90 Å². The van der Waals surface area contributed by atoms with Gasteiger partial charge in [0, 0.05) is 18.1 Å². The molecule has 0 spiro atoms. The maximum atomic E-state index is 9.61. The lowest BCUT2D eigenvalue weighted by Crippen LogP contribution is -2.44. The molecule has 1 N–H and O–H groups in total. The number of aliphatic hydroxyl groups is 1. The Labute approximate surface area is 103 Å². The second-order valence-corrected chi connectivity index (χ2v) is 5.51. The van der Waals surface area contributed by atoms with E-state index in [0.717, 1.165) is 5.92 Å². The van der Waals surface area contributed by atoms with Crippen molar-refractivity contribution in [3.8, 4) is 0 Å². The van der Waals surface area contributed by atoms with Crippen LogP contribution in [0.3, 0.4) is 0 Å². The van der Waals surface area contributed by atoms with Crippen LogP contribution in [0.15, 0.2) is 30.3 Å². The van der Waals surface area contributed by atoms with Gasteiger partial charge < -0.3 is 5.11 Å². The largest absolute Gasteiger partial charge is 0.395 e. The maximum Gasteiger partial charge on any atom is 0.0589 e. The molecule has 1 saturated heterocycles. The van der Waals surface area contributed by atoms with Gasteiger partial charge in [0.1, 0.15) is 0 Å². The van der Waals surface area contributed by atoms with Crippen molar-refractivity contribution in [3.63, 3.8) is 0 Å². The van der Waals surface area contributed by atoms with Gasteiger partial charge in [0.25, 0.3) is 0 Å². The highest BCUT2D eigenvalue weighted by Gasteiger charge is 2.47. The van der Waals surface area contributed by atoms with Gasteiger partial charge in [0.15, 0.2) is 0 Å². The molecule has 0 aromatic heterocycles. The number of benzene rings is 1. The third kappa shape index (κ3) is 1.80. The summed E-state index contributed by atoms with van der Waals surface area (Å²) < 4.78 is 0. The van der Waals surface area contributed by atoms with Crippen LogP contribution in [-0.2, 0) is 0 Å². The van der Waals surface area contributed by atoms with E-state index in [-0.39, 0.29) is 0 Å². The Morgan fingerprint density at radius 2 is 2.06 bits per heavy atom. The Balaban J connectivity index is 1.84. The van der Waals surface area contributed by atoms with Gasteiger partial charge in [-0.05, 0) is 37.7 Å². The van der Waals surface area contributed by atoms with Gasteiger partial charge in [-0.2, -0.15) is 0 Å². The van der Waals surface area contributed by atoms with E-state index >= 15 is 0 Å². The second-order valence-electron chi connectivity index (χ2n) is 5.51. The summed E-state index contributed by atoms with van der Waals surface area (Å²) in [5.74, 6) is 0.733. The monoisotopic (exact) mass is 231 g/mol. The molecule has 4 atom stereocenters. The van der Waals surface area contributed by atoms with E-state index in [1.165, 1.54) is 24.8 Å². The standard InChI is InChI=1S/C15H21NO/c1-11(12-5-3-2-4-6-12)16-14-8-7-13(9-14)15(16)10-17/h2-6,11,13-15,17H,7-10H2,1H3/t11-,13-,14-,15+/m0/s1.